The number of aliphatic imine (C=N–C) groups is 1. The first kappa shape index (κ1) is 17.9. The van der Waals surface area contributed by atoms with Crippen LogP contribution in [0.3, 0.4) is 0 Å². The third-order valence-corrected chi connectivity index (χ3v) is 6.86. The summed E-state index contributed by atoms with van der Waals surface area (Å²) in [6.45, 7) is 4.07. The third-order valence-electron chi connectivity index (χ3n) is 4.19. The Morgan fingerprint density at radius 2 is 2.17 bits per heavy atom. The monoisotopic (exact) mass is 426 g/mol. The minimum Gasteiger partial charge on any atom is -0.354 e. The van der Waals surface area contributed by atoms with Gasteiger partial charge in [-0.15, -0.1) is 22.7 Å². The van der Waals surface area contributed by atoms with Crippen molar-refractivity contribution in [3.63, 3.8) is 0 Å². The van der Waals surface area contributed by atoms with Gasteiger partial charge in [-0.05, 0) is 59.4 Å². The SMILES string of the molecule is CN=C(NCc1cc(Br)cs1)NCC(c1cccs1)N1CCCC1. The van der Waals surface area contributed by atoms with Crippen molar-refractivity contribution in [1.82, 2.24) is 15.5 Å². The minimum absolute atomic E-state index is 0.432. The predicted molar refractivity (Wildman–Crippen MR) is 108 cm³/mol. The molecule has 1 atom stereocenters. The van der Waals surface area contributed by atoms with Gasteiger partial charge in [-0.3, -0.25) is 9.89 Å². The fourth-order valence-corrected chi connectivity index (χ4v) is 5.23. The molecule has 3 heterocycles. The zero-order valence-electron chi connectivity index (χ0n) is 13.8. The van der Waals surface area contributed by atoms with Crippen molar-refractivity contribution >= 4 is 44.6 Å². The van der Waals surface area contributed by atoms with E-state index in [0.29, 0.717) is 6.04 Å². The van der Waals surface area contributed by atoms with Crippen molar-refractivity contribution in [1.29, 1.82) is 0 Å². The molecule has 1 aliphatic heterocycles. The van der Waals surface area contributed by atoms with E-state index in [4.69, 9.17) is 0 Å². The standard InChI is InChI=1S/C17H23BrN4S2/c1-19-17(20-10-14-9-13(18)12-24-14)21-11-15(16-5-4-8-23-16)22-6-2-3-7-22/h4-5,8-9,12,15H,2-3,6-7,10-11H2,1H3,(H2,19,20,21). The molecule has 1 aliphatic rings. The molecule has 4 nitrogen and oxygen atoms in total. The van der Waals surface area contributed by atoms with Crippen molar-refractivity contribution in [2.45, 2.75) is 25.4 Å². The van der Waals surface area contributed by atoms with Crippen LogP contribution in [0.2, 0.25) is 0 Å². The fourth-order valence-electron chi connectivity index (χ4n) is 2.98. The number of halogens is 1. The quantitative estimate of drug-likeness (QED) is 0.539. The van der Waals surface area contributed by atoms with Crippen LogP contribution in [0.1, 0.15) is 28.6 Å². The first-order valence-corrected chi connectivity index (χ1v) is 10.8. The maximum Gasteiger partial charge on any atom is 0.191 e. The maximum absolute atomic E-state index is 4.36. The van der Waals surface area contributed by atoms with Crippen molar-refractivity contribution in [3.8, 4) is 0 Å². The van der Waals surface area contributed by atoms with Gasteiger partial charge in [0.2, 0.25) is 0 Å². The zero-order chi connectivity index (χ0) is 16.8. The molecule has 1 unspecified atom stereocenters. The molecule has 2 aromatic rings. The smallest absolute Gasteiger partial charge is 0.191 e. The Morgan fingerprint density at radius 1 is 1.33 bits per heavy atom. The molecule has 0 aromatic carbocycles. The summed E-state index contributed by atoms with van der Waals surface area (Å²) < 4.78 is 1.14. The van der Waals surface area contributed by atoms with Gasteiger partial charge in [-0.1, -0.05) is 6.07 Å². The van der Waals surface area contributed by atoms with Crippen LogP contribution in [-0.4, -0.2) is 37.5 Å². The van der Waals surface area contributed by atoms with Gasteiger partial charge in [0, 0.05) is 33.2 Å². The number of guanidine groups is 1. The van der Waals surface area contributed by atoms with Crippen molar-refractivity contribution in [3.05, 3.63) is 43.2 Å². The van der Waals surface area contributed by atoms with Crippen LogP contribution in [0.25, 0.3) is 0 Å². The second-order valence-electron chi connectivity index (χ2n) is 5.81. The van der Waals surface area contributed by atoms with E-state index < -0.39 is 0 Å². The second kappa shape index (κ2) is 8.99. The number of nitrogens with one attached hydrogen (secondary N) is 2. The van der Waals surface area contributed by atoms with E-state index in [1.807, 2.05) is 18.4 Å². The van der Waals surface area contributed by atoms with Gasteiger partial charge < -0.3 is 10.6 Å². The van der Waals surface area contributed by atoms with Gasteiger partial charge >= 0.3 is 0 Å². The van der Waals surface area contributed by atoms with E-state index in [1.54, 1.807) is 11.3 Å². The maximum atomic E-state index is 4.36. The van der Waals surface area contributed by atoms with E-state index in [9.17, 15) is 0 Å². The van der Waals surface area contributed by atoms with Crippen LogP contribution in [0.15, 0.2) is 38.4 Å². The molecule has 0 radical (unpaired) electrons. The normalized spacial score (nSPS) is 17.2. The van der Waals surface area contributed by atoms with Crippen LogP contribution in [0.4, 0.5) is 0 Å². The molecule has 1 fully saturated rings. The molecule has 2 aromatic heterocycles. The molecule has 0 saturated carbocycles. The van der Waals surface area contributed by atoms with Gasteiger partial charge in [0.1, 0.15) is 0 Å². The van der Waals surface area contributed by atoms with E-state index in [0.717, 1.165) is 23.5 Å². The summed E-state index contributed by atoms with van der Waals surface area (Å²) in [7, 11) is 1.83. The highest BCUT2D eigenvalue weighted by Gasteiger charge is 2.24. The number of likely N-dealkylation sites (tertiary alicyclic amines) is 1. The fraction of sp³-hybridized carbons (Fsp3) is 0.471. The summed E-state index contributed by atoms with van der Waals surface area (Å²) in [6.07, 6.45) is 2.62. The molecular weight excluding hydrogens is 404 g/mol. The summed E-state index contributed by atoms with van der Waals surface area (Å²) >= 11 is 7.09. The van der Waals surface area contributed by atoms with E-state index in [1.165, 1.54) is 35.7 Å². The topological polar surface area (TPSA) is 39.7 Å². The van der Waals surface area contributed by atoms with Crippen LogP contribution >= 0.6 is 38.6 Å². The van der Waals surface area contributed by atoms with Crippen LogP contribution in [0, 0.1) is 0 Å². The Balaban J connectivity index is 1.56. The van der Waals surface area contributed by atoms with Crippen LogP contribution in [-0.2, 0) is 6.54 Å². The van der Waals surface area contributed by atoms with Gasteiger partial charge in [0.05, 0.1) is 12.6 Å². The van der Waals surface area contributed by atoms with E-state index in [2.05, 4.69) is 65.4 Å². The number of hydrogen-bond acceptors (Lipinski definition) is 4. The first-order valence-electron chi connectivity index (χ1n) is 8.21. The summed E-state index contributed by atoms with van der Waals surface area (Å²) in [5, 5.41) is 11.2. The zero-order valence-corrected chi connectivity index (χ0v) is 17.0. The Labute approximate surface area is 160 Å². The summed E-state index contributed by atoms with van der Waals surface area (Å²) in [5.41, 5.74) is 0. The average Bonchev–Trinajstić information content (AvgIpc) is 3.33. The molecular formula is C17H23BrN4S2. The largest absolute Gasteiger partial charge is 0.354 e. The summed E-state index contributed by atoms with van der Waals surface area (Å²) in [4.78, 5) is 9.67. The lowest BCUT2D eigenvalue weighted by atomic mass is 10.2. The van der Waals surface area contributed by atoms with Gasteiger partial charge in [-0.25, -0.2) is 0 Å². The minimum atomic E-state index is 0.432. The Hall–Kier alpha value is -0.890. The number of thiophene rings is 2. The van der Waals surface area contributed by atoms with Crippen molar-refractivity contribution in [2.24, 2.45) is 4.99 Å². The Kier molecular flexibility index (Phi) is 6.71. The highest BCUT2D eigenvalue weighted by molar-refractivity contribution is 9.10. The highest BCUT2D eigenvalue weighted by Crippen LogP contribution is 2.27. The average molecular weight is 427 g/mol. The Bertz CT molecular complexity index is 647. The molecule has 0 amide bonds. The van der Waals surface area contributed by atoms with Crippen LogP contribution in [0.5, 0.6) is 0 Å². The number of nitrogens with zero attached hydrogens (tertiary/aromatic N) is 2. The van der Waals surface area contributed by atoms with E-state index >= 15 is 0 Å². The van der Waals surface area contributed by atoms with Crippen molar-refractivity contribution < 1.29 is 0 Å². The second-order valence-corrected chi connectivity index (χ2v) is 8.70. The number of hydrogen-bond donors (Lipinski definition) is 2. The Morgan fingerprint density at radius 3 is 2.79 bits per heavy atom. The predicted octanol–water partition coefficient (Wildman–Crippen LogP) is 4.07. The molecule has 0 bridgehead atoms. The highest BCUT2D eigenvalue weighted by atomic mass is 79.9. The molecule has 24 heavy (non-hydrogen) atoms. The molecule has 1 saturated heterocycles. The van der Waals surface area contributed by atoms with Crippen LogP contribution < -0.4 is 10.6 Å². The van der Waals surface area contributed by atoms with Gasteiger partial charge in [0.25, 0.3) is 0 Å². The molecule has 0 aliphatic carbocycles. The summed E-state index contributed by atoms with van der Waals surface area (Å²) in [6, 6.07) is 6.96. The molecule has 2 N–H and O–H groups in total. The molecule has 7 heteroatoms. The molecule has 130 valence electrons. The molecule has 0 spiro atoms. The molecule has 3 rings (SSSR count). The van der Waals surface area contributed by atoms with Gasteiger partial charge in [-0.2, -0.15) is 0 Å². The lowest BCUT2D eigenvalue weighted by molar-refractivity contribution is 0.249. The first-order chi connectivity index (χ1) is 11.8. The number of rotatable bonds is 6. The lowest BCUT2D eigenvalue weighted by Crippen LogP contribution is -2.42. The third kappa shape index (κ3) is 4.81. The van der Waals surface area contributed by atoms with Gasteiger partial charge in [0.15, 0.2) is 5.96 Å². The lowest BCUT2D eigenvalue weighted by Gasteiger charge is -2.27. The van der Waals surface area contributed by atoms with E-state index in [-0.39, 0.29) is 0 Å². The summed E-state index contributed by atoms with van der Waals surface area (Å²) in [5.74, 6) is 0.861. The van der Waals surface area contributed by atoms with Crippen molar-refractivity contribution in [2.75, 3.05) is 26.7 Å².